The van der Waals surface area contributed by atoms with Gasteiger partial charge in [-0.15, -0.1) is 0 Å². The summed E-state index contributed by atoms with van der Waals surface area (Å²) in [6, 6.07) is 1.74. The Morgan fingerprint density at radius 1 is 1.22 bits per heavy atom. The van der Waals surface area contributed by atoms with Gasteiger partial charge in [0.15, 0.2) is 0 Å². The number of esters is 1. The van der Waals surface area contributed by atoms with E-state index < -0.39 is 27.2 Å². The van der Waals surface area contributed by atoms with Gasteiger partial charge in [-0.05, 0) is 6.07 Å². The molecule has 9 heteroatoms. The Balaban J connectivity index is 3.57. The highest BCUT2D eigenvalue weighted by molar-refractivity contribution is 5.96. The number of ether oxygens (including phenoxy) is 1. The maximum Gasteiger partial charge on any atom is 0.344 e. The normalized spacial score (nSPS) is 9.67. The third-order valence-electron chi connectivity index (χ3n) is 2.18. The van der Waals surface area contributed by atoms with E-state index in [4.69, 9.17) is 0 Å². The molecule has 0 unspecified atom stereocenters. The molecule has 9 nitrogen and oxygen atoms in total. The highest BCUT2D eigenvalue weighted by atomic mass is 16.6. The Hall–Kier alpha value is -2.71. The molecular weight excluding hydrogens is 246 g/mol. The molecule has 0 aromatic heterocycles. The van der Waals surface area contributed by atoms with E-state index in [-0.39, 0.29) is 11.3 Å². The molecule has 0 saturated heterocycles. The topological polar surface area (TPSA) is 125 Å². The number of rotatable bonds is 4. The number of anilines is 1. The lowest BCUT2D eigenvalue weighted by Crippen LogP contribution is -2.08. The lowest BCUT2D eigenvalue weighted by molar-refractivity contribution is -0.393. The molecule has 0 aliphatic heterocycles. The van der Waals surface area contributed by atoms with Crippen molar-refractivity contribution in [1.82, 2.24) is 0 Å². The molecule has 1 N–H and O–H groups in total. The molecule has 0 saturated carbocycles. The smallest absolute Gasteiger partial charge is 0.344 e. The van der Waals surface area contributed by atoms with Gasteiger partial charge in [0.1, 0.15) is 11.3 Å². The maximum atomic E-state index is 11.4. The van der Waals surface area contributed by atoms with Gasteiger partial charge in [-0.2, -0.15) is 0 Å². The molecule has 1 aromatic carbocycles. The van der Waals surface area contributed by atoms with Crippen molar-refractivity contribution in [3.05, 3.63) is 37.9 Å². The average molecular weight is 255 g/mol. The van der Waals surface area contributed by atoms with Crippen molar-refractivity contribution in [1.29, 1.82) is 0 Å². The molecule has 0 atom stereocenters. The van der Waals surface area contributed by atoms with E-state index >= 15 is 0 Å². The van der Waals surface area contributed by atoms with E-state index in [1.807, 2.05) is 0 Å². The van der Waals surface area contributed by atoms with Crippen LogP contribution in [0.5, 0.6) is 0 Å². The zero-order chi connectivity index (χ0) is 13.9. The summed E-state index contributed by atoms with van der Waals surface area (Å²) < 4.78 is 4.39. The Labute approximate surface area is 101 Å². The summed E-state index contributed by atoms with van der Waals surface area (Å²) in [4.78, 5) is 31.2. The van der Waals surface area contributed by atoms with Gasteiger partial charge in [0.2, 0.25) is 0 Å². The first-order valence-corrected chi connectivity index (χ1v) is 4.65. The summed E-state index contributed by atoms with van der Waals surface area (Å²) in [6.07, 6.45) is 0. The molecule has 0 aliphatic rings. The van der Waals surface area contributed by atoms with Crippen molar-refractivity contribution in [2.75, 3.05) is 19.5 Å². The average Bonchev–Trinajstić information content (AvgIpc) is 2.35. The van der Waals surface area contributed by atoms with Crippen molar-refractivity contribution in [2.45, 2.75) is 0 Å². The fourth-order valence-corrected chi connectivity index (χ4v) is 1.35. The van der Waals surface area contributed by atoms with Crippen LogP contribution in [0, 0.1) is 20.2 Å². The van der Waals surface area contributed by atoms with Crippen molar-refractivity contribution < 1.29 is 19.4 Å². The van der Waals surface area contributed by atoms with Crippen molar-refractivity contribution in [3.63, 3.8) is 0 Å². The molecule has 0 fully saturated rings. The van der Waals surface area contributed by atoms with E-state index in [1.54, 1.807) is 0 Å². The van der Waals surface area contributed by atoms with E-state index in [2.05, 4.69) is 10.1 Å². The lowest BCUT2D eigenvalue weighted by Gasteiger charge is -2.05. The summed E-state index contributed by atoms with van der Waals surface area (Å²) in [7, 11) is 2.46. The van der Waals surface area contributed by atoms with Gasteiger partial charge in [0.25, 0.3) is 11.4 Å². The number of benzene rings is 1. The van der Waals surface area contributed by atoms with Crippen LogP contribution in [-0.2, 0) is 4.74 Å². The second-order valence-electron chi connectivity index (χ2n) is 3.14. The minimum absolute atomic E-state index is 0.00833. The Bertz CT molecular complexity index is 527. The van der Waals surface area contributed by atoms with Crippen molar-refractivity contribution >= 4 is 23.0 Å². The highest BCUT2D eigenvalue weighted by Gasteiger charge is 2.28. The van der Waals surface area contributed by atoms with Gasteiger partial charge in [-0.25, -0.2) is 4.79 Å². The molecule has 0 spiro atoms. The predicted octanol–water partition coefficient (Wildman–Crippen LogP) is 1.33. The number of nitrogens with zero attached hydrogens (tertiary/aromatic N) is 2. The molecule has 18 heavy (non-hydrogen) atoms. The standard InChI is InChI=1S/C9H9N3O6/c1-10-6-3-5(9(13)18-2)7(11(14)15)4-8(6)12(16)17/h3-4,10H,1-2H3. The van der Waals surface area contributed by atoms with Crippen LogP contribution in [-0.4, -0.2) is 30.0 Å². The summed E-state index contributed by atoms with van der Waals surface area (Å²) in [5.74, 6) is -0.937. The number of hydrogen-bond donors (Lipinski definition) is 1. The second kappa shape index (κ2) is 5.08. The van der Waals surface area contributed by atoms with Crippen LogP contribution in [0.2, 0.25) is 0 Å². The summed E-state index contributed by atoms with van der Waals surface area (Å²) in [5.41, 5.74) is -1.52. The Kier molecular flexibility index (Phi) is 3.77. The van der Waals surface area contributed by atoms with Gasteiger partial charge >= 0.3 is 5.97 Å². The summed E-state index contributed by atoms with van der Waals surface area (Å²) in [6.45, 7) is 0. The molecular formula is C9H9N3O6. The van der Waals surface area contributed by atoms with Crippen LogP contribution in [0.1, 0.15) is 10.4 Å². The molecule has 0 radical (unpaired) electrons. The summed E-state index contributed by atoms with van der Waals surface area (Å²) >= 11 is 0. The van der Waals surface area contributed by atoms with Gasteiger partial charge in [-0.3, -0.25) is 20.2 Å². The van der Waals surface area contributed by atoms with E-state index in [9.17, 15) is 25.0 Å². The van der Waals surface area contributed by atoms with Crippen LogP contribution in [0.15, 0.2) is 12.1 Å². The van der Waals surface area contributed by atoms with Gasteiger partial charge in [0, 0.05) is 7.05 Å². The first-order valence-electron chi connectivity index (χ1n) is 4.65. The number of carbonyl (C=O) groups excluding carboxylic acids is 1. The van der Waals surface area contributed by atoms with Crippen LogP contribution in [0.4, 0.5) is 17.1 Å². The summed E-state index contributed by atoms with van der Waals surface area (Å²) in [5, 5.41) is 24.0. The zero-order valence-corrected chi connectivity index (χ0v) is 9.50. The SMILES string of the molecule is CNc1cc(C(=O)OC)c([N+](=O)[O-])cc1[N+](=O)[O-]. The second-order valence-corrected chi connectivity index (χ2v) is 3.14. The number of nitrogens with one attached hydrogen (secondary N) is 1. The predicted molar refractivity (Wildman–Crippen MR) is 60.6 cm³/mol. The maximum absolute atomic E-state index is 11.4. The quantitative estimate of drug-likeness (QED) is 0.488. The number of nitro benzene ring substituents is 2. The third-order valence-corrected chi connectivity index (χ3v) is 2.18. The van der Waals surface area contributed by atoms with Crippen molar-refractivity contribution in [3.8, 4) is 0 Å². The number of hydrogen-bond acceptors (Lipinski definition) is 7. The van der Waals surface area contributed by atoms with Crippen LogP contribution >= 0.6 is 0 Å². The third kappa shape index (κ3) is 2.34. The highest BCUT2D eigenvalue weighted by Crippen LogP contribution is 2.32. The first-order chi connectivity index (χ1) is 8.42. The van der Waals surface area contributed by atoms with Gasteiger partial charge in [-0.1, -0.05) is 0 Å². The largest absolute Gasteiger partial charge is 0.465 e. The minimum atomic E-state index is -0.937. The molecule has 0 amide bonds. The number of methoxy groups -OCH3 is 1. The lowest BCUT2D eigenvalue weighted by atomic mass is 10.1. The molecule has 1 aromatic rings. The fraction of sp³-hybridized carbons (Fsp3) is 0.222. The van der Waals surface area contributed by atoms with Crippen molar-refractivity contribution in [2.24, 2.45) is 0 Å². The number of carbonyl (C=O) groups is 1. The molecule has 96 valence electrons. The van der Waals surface area contributed by atoms with Crippen LogP contribution in [0.3, 0.4) is 0 Å². The van der Waals surface area contributed by atoms with Crippen LogP contribution in [0.25, 0.3) is 0 Å². The number of nitro groups is 2. The van der Waals surface area contributed by atoms with Gasteiger partial charge < -0.3 is 10.1 Å². The minimum Gasteiger partial charge on any atom is -0.465 e. The molecule has 0 aliphatic carbocycles. The molecule has 0 heterocycles. The zero-order valence-electron chi connectivity index (χ0n) is 9.50. The van der Waals surface area contributed by atoms with E-state index in [0.717, 1.165) is 19.2 Å². The Morgan fingerprint density at radius 3 is 2.17 bits per heavy atom. The van der Waals surface area contributed by atoms with E-state index in [0.29, 0.717) is 0 Å². The van der Waals surface area contributed by atoms with Crippen LogP contribution < -0.4 is 5.32 Å². The fourth-order valence-electron chi connectivity index (χ4n) is 1.35. The Morgan fingerprint density at radius 2 is 1.78 bits per heavy atom. The van der Waals surface area contributed by atoms with E-state index in [1.165, 1.54) is 7.05 Å². The first kappa shape index (κ1) is 13.4. The molecule has 1 rings (SSSR count). The van der Waals surface area contributed by atoms with Gasteiger partial charge in [0.05, 0.1) is 23.0 Å². The molecule has 0 bridgehead atoms. The monoisotopic (exact) mass is 255 g/mol.